The maximum absolute atomic E-state index is 10.8. The topological polar surface area (TPSA) is 78.6 Å². The lowest BCUT2D eigenvalue weighted by Crippen LogP contribution is -2.31. The summed E-state index contributed by atoms with van der Waals surface area (Å²) in [5.41, 5.74) is 6.22. The number of rotatable bonds is 2. The van der Waals surface area contributed by atoms with Crippen LogP contribution in [0.4, 0.5) is 16.2 Å². The van der Waals surface area contributed by atoms with Crippen LogP contribution in [0.25, 0.3) is 0 Å². The first-order valence-electron chi connectivity index (χ1n) is 4.10. The Labute approximate surface area is 82.1 Å². The third-order valence-electron chi connectivity index (χ3n) is 1.96. The number of aromatic hydroxyl groups is 1. The highest BCUT2D eigenvalue weighted by atomic mass is 16.3. The average Bonchev–Trinajstić information content (AvgIpc) is 2.16. The summed E-state index contributed by atoms with van der Waals surface area (Å²) in [5, 5.41) is 12.4. The maximum atomic E-state index is 10.8. The first-order chi connectivity index (χ1) is 6.56. The van der Waals surface area contributed by atoms with Gasteiger partial charge in [0, 0.05) is 25.8 Å². The number of hydrogen-bond donors (Lipinski definition) is 3. The number of urea groups is 1. The molecule has 0 aliphatic rings. The number of phenolic OH excluding ortho intramolecular Hbond substituents is 1. The number of nitrogens with zero attached hydrogens (tertiary/aromatic N) is 1. The molecule has 0 saturated heterocycles. The van der Waals surface area contributed by atoms with Crippen LogP contribution in [0.3, 0.4) is 0 Å². The first-order valence-corrected chi connectivity index (χ1v) is 4.10. The zero-order valence-electron chi connectivity index (χ0n) is 8.11. The van der Waals surface area contributed by atoms with Gasteiger partial charge in [0.1, 0.15) is 5.75 Å². The number of nitrogens with two attached hydrogens (primary N) is 1. The third-order valence-corrected chi connectivity index (χ3v) is 1.96. The third kappa shape index (κ3) is 1.87. The van der Waals surface area contributed by atoms with Crippen LogP contribution in [0.2, 0.25) is 0 Å². The van der Waals surface area contributed by atoms with Crippen molar-refractivity contribution >= 4 is 17.4 Å². The van der Waals surface area contributed by atoms with Crippen LogP contribution in [-0.2, 0) is 0 Å². The van der Waals surface area contributed by atoms with Crippen molar-refractivity contribution in [3.05, 3.63) is 18.2 Å². The molecule has 1 aromatic carbocycles. The normalized spacial score (nSPS) is 9.57. The molecule has 5 heteroatoms. The molecule has 4 N–H and O–H groups in total. The van der Waals surface area contributed by atoms with Gasteiger partial charge in [-0.3, -0.25) is 4.90 Å². The summed E-state index contributed by atoms with van der Waals surface area (Å²) in [6.07, 6.45) is 0. The van der Waals surface area contributed by atoms with Gasteiger partial charge in [0.2, 0.25) is 0 Å². The van der Waals surface area contributed by atoms with Crippen molar-refractivity contribution in [1.29, 1.82) is 0 Å². The lowest BCUT2D eigenvalue weighted by atomic mass is 10.2. The highest BCUT2D eigenvalue weighted by Gasteiger charge is 2.10. The molecule has 0 saturated carbocycles. The molecule has 0 aliphatic heterocycles. The van der Waals surface area contributed by atoms with Crippen LogP contribution < -0.4 is 16.0 Å². The molecule has 0 spiro atoms. The molecule has 2 amide bonds. The SMILES string of the molecule is CNc1ccc(N(C)C(N)=O)c(O)c1. The van der Waals surface area contributed by atoms with Gasteiger partial charge >= 0.3 is 6.03 Å². The Morgan fingerprint density at radius 1 is 1.57 bits per heavy atom. The Kier molecular flexibility index (Phi) is 2.81. The van der Waals surface area contributed by atoms with E-state index in [-0.39, 0.29) is 5.75 Å². The lowest BCUT2D eigenvalue weighted by molar-refractivity contribution is 0.255. The molecule has 5 nitrogen and oxygen atoms in total. The van der Waals surface area contributed by atoms with E-state index in [4.69, 9.17) is 5.73 Å². The molecule has 0 unspecified atom stereocenters. The minimum Gasteiger partial charge on any atom is -0.506 e. The fraction of sp³-hybridized carbons (Fsp3) is 0.222. The number of phenols is 1. The molecule has 1 rings (SSSR count). The summed E-state index contributed by atoms with van der Waals surface area (Å²) in [4.78, 5) is 12.0. The summed E-state index contributed by atoms with van der Waals surface area (Å²) in [7, 11) is 3.24. The minimum absolute atomic E-state index is 0.0122. The van der Waals surface area contributed by atoms with Gasteiger partial charge in [0.05, 0.1) is 5.69 Å². The van der Waals surface area contributed by atoms with Crippen LogP contribution in [-0.4, -0.2) is 25.2 Å². The van der Waals surface area contributed by atoms with Gasteiger partial charge < -0.3 is 16.2 Å². The molecule has 0 fully saturated rings. The molecular weight excluding hydrogens is 182 g/mol. The monoisotopic (exact) mass is 195 g/mol. The van der Waals surface area contributed by atoms with Crippen LogP contribution >= 0.6 is 0 Å². The second-order valence-corrected chi connectivity index (χ2v) is 2.85. The molecule has 0 heterocycles. The highest BCUT2D eigenvalue weighted by Crippen LogP contribution is 2.28. The summed E-state index contributed by atoms with van der Waals surface area (Å²) < 4.78 is 0. The Bertz CT molecular complexity index is 352. The van der Waals surface area contributed by atoms with E-state index in [0.717, 1.165) is 5.69 Å². The Morgan fingerprint density at radius 3 is 2.64 bits per heavy atom. The number of nitrogens with one attached hydrogen (secondary N) is 1. The molecule has 0 atom stereocenters. The van der Waals surface area contributed by atoms with Crippen molar-refractivity contribution in [1.82, 2.24) is 0 Å². The van der Waals surface area contributed by atoms with Gasteiger partial charge in [0.15, 0.2) is 0 Å². The highest BCUT2D eigenvalue weighted by molar-refractivity contribution is 5.92. The van der Waals surface area contributed by atoms with Gasteiger partial charge in [-0.25, -0.2) is 4.79 Å². The van der Waals surface area contributed by atoms with Crippen LogP contribution in [0.1, 0.15) is 0 Å². The zero-order valence-corrected chi connectivity index (χ0v) is 8.11. The molecular formula is C9H13N3O2. The van der Waals surface area contributed by atoms with Crippen LogP contribution in [0.15, 0.2) is 18.2 Å². The number of hydrogen-bond acceptors (Lipinski definition) is 3. The van der Waals surface area contributed by atoms with Gasteiger partial charge in [-0.05, 0) is 12.1 Å². The molecule has 76 valence electrons. The second kappa shape index (κ2) is 3.87. The molecule has 0 aliphatic carbocycles. The van der Waals surface area contributed by atoms with E-state index in [1.807, 2.05) is 0 Å². The predicted molar refractivity (Wildman–Crippen MR) is 55.6 cm³/mol. The van der Waals surface area contributed by atoms with Crippen molar-refractivity contribution < 1.29 is 9.90 Å². The number of carbonyl (C=O) groups is 1. The van der Waals surface area contributed by atoms with Crippen molar-refractivity contribution in [2.75, 3.05) is 24.3 Å². The van der Waals surface area contributed by atoms with E-state index in [1.165, 1.54) is 18.0 Å². The van der Waals surface area contributed by atoms with Gasteiger partial charge in [-0.1, -0.05) is 0 Å². The van der Waals surface area contributed by atoms with E-state index in [0.29, 0.717) is 5.69 Å². The van der Waals surface area contributed by atoms with E-state index in [1.54, 1.807) is 19.2 Å². The Hall–Kier alpha value is -1.91. The Morgan fingerprint density at radius 2 is 2.21 bits per heavy atom. The lowest BCUT2D eigenvalue weighted by Gasteiger charge is -2.16. The second-order valence-electron chi connectivity index (χ2n) is 2.85. The smallest absolute Gasteiger partial charge is 0.319 e. The summed E-state index contributed by atoms with van der Waals surface area (Å²) in [6.45, 7) is 0. The van der Waals surface area contributed by atoms with E-state index < -0.39 is 6.03 Å². The molecule has 0 radical (unpaired) electrons. The van der Waals surface area contributed by atoms with Gasteiger partial charge in [0.25, 0.3) is 0 Å². The molecule has 1 aromatic rings. The van der Waals surface area contributed by atoms with E-state index in [2.05, 4.69) is 5.32 Å². The average molecular weight is 195 g/mol. The van der Waals surface area contributed by atoms with Crippen LogP contribution in [0, 0.1) is 0 Å². The van der Waals surface area contributed by atoms with Crippen molar-refractivity contribution in [3.63, 3.8) is 0 Å². The summed E-state index contributed by atoms with van der Waals surface area (Å²) in [5.74, 6) is 0.0122. The van der Waals surface area contributed by atoms with E-state index in [9.17, 15) is 9.90 Å². The number of carbonyl (C=O) groups excluding carboxylic acids is 1. The van der Waals surface area contributed by atoms with Crippen molar-refractivity contribution in [2.24, 2.45) is 5.73 Å². The zero-order chi connectivity index (χ0) is 10.7. The first kappa shape index (κ1) is 10.2. The number of benzene rings is 1. The minimum atomic E-state index is -0.613. The Balaban J connectivity index is 3.05. The summed E-state index contributed by atoms with van der Waals surface area (Å²) >= 11 is 0. The number of anilines is 2. The quantitative estimate of drug-likeness (QED) is 0.657. The largest absolute Gasteiger partial charge is 0.506 e. The number of amides is 2. The summed E-state index contributed by atoms with van der Waals surface area (Å²) in [6, 6.07) is 4.27. The standard InChI is InChI=1S/C9H13N3O2/c1-11-6-3-4-7(8(13)5-6)12(2)9(10)14/h3-5,11,13H,1-2H3,(H2,10,14). The van der Waals surface area contributed by atoms with Gasteiger partial charge in [-0.2, -0.15) is 0 Å². The molecule has 0 bridgehead atoms. The van der Waals surface area contributed by atoms with Gasteiger partial charge in [-0.15, -0.1) is 0 Å². The fourth-order valence-electron chi connectivity index (χ4n) is 1.08. The van der Waals surface area contributed by atoms with Crippen molar-refractivity contribution in [2.45, 2.75) is 0 Å². The van der Waals surface area contributed by atoms with E-state index >= 15 is 0 Å². The van der Waals surface area contributed by atoms with Crippen molar-refractivity contribution in [3.8, 4) is 5.75 Å². The molecule has 0 aromatic heterocycles. The predicted octanol–water partition coefficient (Wildman–Crippen LogP) is 0.949. The molecule has 14 heavy (non-hydrogen) atoms. The van der Waals surface area contributed by atoms with Crippen LogP contribution in [0.5, 0.6) is 5.75 Å². The number of primary amides is 1. The fourth-order valence-corrected chi connectivity index (χ4v) is 1.08. The maximum Gasteiger partial charge on any atom is 0.319 e.